The van der Waals surface area contributed by atoms with E-state index >= 15 is 0 Å². The van der Waals surface area contributed by atoms with Crippen molar-refractivity contribution < 1.29 is 4.39 Å². The molecule has 146 valence electrons. The zero-order valence-electron chi connectivity index (χ0n) is 15.8. The summed E-state index contributed by atoms with van der Waals surface area (Å²) in [5.74, 6) is 0.644. The molecule has 2 aliphatic rings. The SMILES string of the molecule is O=c1c2c3c(sc2ncn1CCc1cccc(F)c1)C[C@H](NCC1CC1)CC3. The monoisotopic (exact) mass is 397 g/mol. The summed E-state index contributed by atoms with van der Waals surface area (Å²) in [6.07, 6.45) is 8.04. The normalized spacial score (nSPS) is 19.1. The molecule has 6 heteroatoms. The van der Waals surface area contributed by atoms with Gasteiger partial charge in [0.2, 0.25) is 0 Å². The Balaban J connectivity index is 1.36. The van der Waals surface area contributed by atoms with Gasteiger partial charge in [-0.05, 0) is 74.2 Å². The van der Waals surface area contributed by atoms with Crippen LogP contribution in [0.2, 0.25) is 0 Å². The summed E-state index contributed by atoms with van der Waals surface area (Å²) in [5, 5.41) is 4.52. The second-order valence-corrected chi connectivity index (χ2v) is 9.18. The summed E-state index contributed by atoms with van der Waals surface area (Å²) in [5.41, 5.74) is 2.15. The van der Waals surface area contributed by atoms with E-state index in [0.29, 0.717) is 19.0 Å². The van der Waals surface area contributed by atoms with Crippen LogP contribution in [0.15, 0.2) is 35.4 Å². The maximum atomic E-state index is 13.4. The van der Waals surface area contributed by atoms with Gasteiger partial charge in [-0.2, -0.15) is 0 Å². The Morgan fingerprint density at radius 2 is 2.18 bits per heavy atom. The Morgan fingerprint density at radius 1 is 1.29 bits per heavy atom. The minimum atomic E-state index is -0.241. The van der Waals surface area contributed by atoms with E-state index in [1.54, 1.807) is 28.3 Å². The Bertz CT molecular complexity index is 1070. The molecule has 28 heavy (non-hydrogen) atoms. The molecule has 1 fully saturated rings. The highest BCUT2D eigenvalue weighted by molar-refractivity contribution is 7.18. The first-order chi connectivity index (χ1) is 13.7. The molecule has 0 unspecified atom stereocenters. The van der Waals surface area contributed by atoms with Gasteiger partial charge in [0.25, 0.3) is 5.56 Å². The minimum absolute atomic E-state index is 0.0447. The highest BCUT2D eigenvalue weighted by Gasteiger charge is 2.27. The van der Waals surface area contributed by atoms with Crippen LogP contribution < -0.4 is 10.9 Å². The molecular weight excluding hydrogens is 373 g/mol. The van der Waals surface area contributed by atoms with Gasteiger partial charge in [0.05, 0.1) is 11.7 Å². The van der Waals surface area contributed by atoms with Crippen LogP contribution in [-0.2, 0) is 25.8 Å². The number of thiophene rings is 1. The largest absolute Gasteiger partial charge is 0.313 e. The number of halogens is 1. The van der Waals surface area contributed by atoms with Gasteiger partial charge in [-0.1, -0.05) is 12.1 Å². The van der Waals surface area contributed by atoms with E-state index < -0.39 is 0 Å². The molecule has 5 rings (SSSR count). The molecule has 1 N–H and O–H groups in total. The number of hydrogen-bond acceptors (Lipinski definition) is 4. The molecule has 0 amide bonds. The fourth-order valence-electron chi connectivity index (χ4n) is 4.13. The standard InChI is InChI=1S/C22H24FN3OS/c23-16-3-1-2-14(10-16)8-9-26-13-25-21-20(22(26)27)18-7-6-17(11-19(18)28-21)24-12-15-4-5-15/h1-3,10,13,15,17,24H,4-9,11-12H2/t17-/m1/s1. The molecule has 0 bridgehead atoms. The van der Waals surface area contributed by atoms with Crippen molar-refractivity contribution in [2.24, 2.45) is 5.92 Å². The number of fused-ring (bicyclic) bond motifs is 3. The molecule has 0 spiro atoms. The topological polar surface area (TPSA) is 46.9 Å². The Labute approximate surface area is 167 Å². The first-order valence-corrected chi connectivity index (χ1v) is 11.0. The molecule has 2 aliphatic carbocycles. The second-order valence-electron chi connectivity index (χ2n) is 8.10. The number of aryl methyl sites for hydroxylation is 3. The number of rotatable bonds is 6. The van der Waals surface area contributed by atoms with Crippen molar-refractivity contribution in [2.75, 3.05) is 6.54 Å². The molecule has 1 aromatic carbocycles. The number of hydrogen-bond donors (Lipinski definition) is 1. The van der Waals surface area contributed by atoms with E-state index in [4.69, 9.17) is 0 Å². The van der Waals surface area contributed by atoms with E-state index in [1.807, 2.05) is 6.07 Å². The predicted octanol–water partition coefficient (Wildman–Crippen LogP) is 3.70. The summed E-state index contributed by atoms with van der Waals surface area (Å²) < 4.78 is 15.1. The quantitative estimate of drug-likeness (QED) is 0.690. The van der Waals surface area contributed by atoms with Crippen molar-refractivity contribution in [2.45, 2.75) is 51.1 Å². The summed E-state index contributed by atoms with van der Waals surface area (Å²) in [4.78, 5) is 19.8. The highest BCUT2D eigenvalue weighted by atomic mass is 32.1. The lowest BCUT2D eigenvalue weighted by Gasteiger charge is -2.23. The van der Waals surface area contributed by atoms with E-state index in [0.717, 1.165) is 47.5 Å². The van der Waals surface area contributed by atoms with Crippen molar-refractivity contribution in [1.29, 1.82) is 0 Å². The fourth-order valence-corrected chi connectivity index (χ4v) is 5.39. The first kappa shape index (κ1) is 18.0. The molecule has 1 atom stereocenters. The molecule has 2 heterocycles. The molecule has 0 radical (unpaired) electrons. The smallest absolute Gasteiger partial charge is 0.262 e. The average Bonchev–Trinajstić information content (AvgIpc) is 3.44. The fraction of sp³-hybridized carbons (Fsp3) is 0.455. The van der Waals surface area contributed by atoms with Crippen LogP contribution in [0.4, 0.5) is 4.39 Å². The average molecular weight is 398 g/mol. The van der Waals surface area contributed by atoms with Crippen LogP contribution in [0.25, 0.3) is 10.2 Å². The first-order valence-electron chi connectivity index (χ1n) is 10.1. The van der Waals surface area contributed by atoms with E-state index in [-0.39, 0.29) is 11.4 Å². The predicted molar refractivity (Wildman–Crippen MR) is 111 cm³/mol. The van der Waals surface area contributed by atoms with Gasteiger partial charge in [-0.3, -0.25) is 9.36 Å². The lowest BCUT2D eigenvalue weighted by Crippen LogP contribution is -2.35. The van der Waals surface area contributed by atoms with Gasteiger partial charge in [0.1, 0.15) is 10.6 Å². The zero-order chi connectivity index (χ0) is 19.1. The second kappa shape index (κ2) is 7.41. The third-order valence-electron chi connectivity index (χ3n) is 5.96. The molecule has 3 aromatic rings. The summed E-state index contributed by atoms with van der Waals surface area (Å²) >= 11 is 1.68. The van der Waals surface area contributed by atoms with E-state index in [2.05, 4.69) is 10.3 Å². The maximum Gasteiger partial charge on any atom is 0.262 e. The van der Waals surface area contributed by atoms with Crippen molar-refractivity contribution >= 4 is 21.6 Å². The van der Waals surface area contributed by atoms with Crippen LogP contribution in [0, 0.1) is 11.7 Å². The van der Waals surface area contributed by atoms with E-state index in [9.17, 15) is 9.18 Å². The number of nitrogens with one attached hydrogen (secondary N) is 1. The molecule has 0 saturated heterocycles. The van der Waals surface area contributed by atoms with Crippen LogP contribution in [-0.4, -0.2) is 22.1 Å². The Kier molecular flexibility index (Phi) is 4.77. The van der Waals surface area contributed by atoms with Crippen molar-refractivity contribution in [3.63, 3.8) is 0 Å². The molecule has 0 aliphatic heterocycles. The lowest BCUT2D eigenvalue weighted by molar-refractivity contribution is 0.453. The molecule has 4 nitrogen and oxygen atoms in total. The maximum absolute atomic E-state index is 13.4. The van der Waals surface area contributed by atoms with Gasteiger partial charge in [-0.25, -0.2) is 9.37 Å². The van der Waals surface area contributed by atoms with Crippen LogP contribution >= 0.6 is 11.3 Å². The molecule has 2 aromatic heterocycles. The molecule has 1 saturated carbocycles. The third kappa shape index (κ3) is 3.63. The van der Waals surface area contributed by atoms with Crippen molar-refractivity contribution in [1.82, 2.24) is 14.9 Å². The van der Waals surface area contributed by atoms with Gasteiger partial charge in [-0.15, -0.1) is 11.3 Å². The van der Waals surface area contributed by atoms with Gasteiger partial charge in [0, 0.05) is 17.5 Å². The van der Waals surface area contributed by atoms with Crippen LogP contribution in [0.5, 0.6) is 0 Å². The Hall–Kier alpha value is -2.05. The number of aromatic nitrogens is 2. The van der Waals surface area contributed by atoms with Crippen molar-refractivity contribution in [3.8, 4) is 0 Å². The van der Waals surface area contributed by atoms with Gasteiger partial charge < -0.3 is 5.32 Å². The molecular formula is C22H24FN3OS. The number of nitrogens with zero attached hydrogens (tertiary/aromatic N) is 2. The van der Waals surface area contributed by atoms with E-state index in [1.165, 1.54) is 35.4 Å². The van der Waals surface area contributed by atoms with Gasteiger partial charge in [0.15, 0.2) is 0 Å². The Morgan fingerprint density at radius 3 is 3.00 bits per heavy atom. The van der Waals surface area contributed by atoms with Gasteiger partial charge >= 0.3 is 0 Å². The minimum Gasteiger partial charge on any atom is -0.313 e. The number of benzene rings is 1. The van der Waals surface area contributed by atoms with Crippen LogP contribution in [0.3, 0.4) is 0 Å². The third-order valence-corrected chi connectivity index (χ3v) is 7.12. The highest BCUT2D eigenvalue weighted by Crippen LogP contribution is 2.34. The summed E-state index contributed by atoms with van der Waals surface area (Å²) in [6.45, 7) is 1.65. The lowest BCUT2D eigenvalue weighted by atomic mass is 9.93. The van der Waals surface area contributed by atoms with Crippen molar-refractivity contribution in [3.05, 3.63) is 62.8 Å². The van der Waals surface area contributed by atoms with Crippen LogP contribution in [0.1, 0.15) is 35.3 Å². The summed E-state index contributed by atoms with van der Waals surface area (Å²) in [7, 11) is 0. The zero-order valence-corrected chi connectivity index (χ0v) is 16.6. The summed E-state index contributed by atoms with van der Waals surface area (Å²) in [6, 6.07) is 7.08.